The Bertz CT molecular complexity index is 662. The van der Waals surface area contributed by atoms with Crippen molar-refractivity contribution in [2.75, 3.05) is 6.61 Å². The number of ketones is 2. The summed E-state index contributed by atoms with van der Waals surface area (Å²) in [6, 6.07) is 0. The van der Waals surface area contributed by atoms with Gasteiger partial charge >= 0.3 is 11.9 Å². The summed E-state index contributed by atoms with van der Waals surface area (Å²) in [5, 5.41) is 8.75. The Hall–Kier alpha value is -1.41. The second-order valence-electron chi connectivity index (χ2n) is 10.1. The number of alkyl halides is 2. The van der Waals surface area contributed by atoms with E-state index in [-0.39, 0.29) is 55.5 Å². The number of carbonyl (C=O) groups is 3. The molecule has 34 heavy (non-hydrogen) atoms. The molecule has 2 rings (SSSR count). The number of halogens is 2. The lowest BCUT2D eigenvalue weighted by molar-refractivity contribution is -0.196. The quantitative estimate of drug-likeness (QED) is 0.270. The van der Waals surface area contributed by atoms with Crippen molar-refractivity contribution in [2.24, 2.45) is 17.8 Å². The molecule has 1 saturated carbocycles. The van der Waals surface area contributed by atoms with Crippen LogP contribution in [0.2, 0.25) is 0 Å². The number of ether oxygens (including phenoxy) is 2. The van der Waals surface area contributed by atoms with Crippen LogP contribution in [0.5, 0.6) is 0 Å². The average Bonchev–Trinajstić information content (AvgIpc) is 3.08. The number of carbonyl (C=O) groups excluding carboxylic acids is 2. The molecule has 6 nitrogen and oxygen atoms in total. The van der Waals surface area contributed by atoms with Crippen molar-refractivity contribution in [3.8, 4) is 0 Å². The molecule has 2 aliphatic rings. The van der Waals surface area contributed by atoms with Crippen molar-refractivity contribution in [2.45, 2.75) is 122 Å². The van der Waals surface area contributed by atoms with E-state index in [1.807, 2.05) is 6.92 Å². The molecular weight excluding hydrogens is 446 g/mol. The summed E-state index contributed by atoms with van der Waals surface area (Å²) in [6.45, 7) is 4.16. The molecule has 0 bridgehead atoms. The zero-order valence-corrected chi connectivity index (χ0v) is 20.7. The van der Waals surface area contributed by atoms with E-state index in [0.29, 0.717) is 25.9 Å². The highest BCUT2D eigenvalue weighted by molar-refractivity contribution is 5.86. The van der Waals surface area contributed by atoms with Crippen LogP contribution in [0.3, 0.4) is 0 Å². The van der Waals surface area contributed by atoms with E-state index in [0.717, 1.165) is 38.5 Å². The van der Waals surface area contributed by atoms with Gasteiger partial charge in [0.05, 0.1) is 6.10 Å². The zero-order valence-electron chi connectivity index (χ0n) is 20.7. The average molecular weight is 489 g/mol. The SMILES string of the molecule is CC[C@H](C)CC(F)(F)C(=O)CC[C@H]1[C@H](OC2CCCCO2)CC(=O)[C@@H]1CCCCCCC(=O)O. The van der Waals surface area contributed by atoms with Crippen molar-refractivity contribution in [1.82, 2.24) is 0 Å². The molecule has 0 aromatic carbocycles. The summed E-state index contributed by atoms with van der Waals surface area (Å²) in [4.78, 5) is 35.9. The maximum absolute atomic E-state index is 14.4. The first-order chi connectivity index (χ1) is 16.1. The molecule has 0 aromatic rings. The predicted molar refractivity (Wildman–Crippen MR) is 124 cm³/mol. The van der Waals surface area contributed by atoms with E-state index in [1.54, 1.807) is 6.92 Å². The fraction of sp³-hybridized carbons (Fsp3) is 0.885. The Morgan fingerprint density at radius 2 is 1.88 bits per heavy atom. The minimum atomic E-state index is -3.35. The first kappa shape index (κ1) is 28.8. The van der Waals surface area contributed by atoms with Gasteiger partial charge in [-0.05, 0) is 50.4 Å². The first-order valence-electron chi connectivity index (χ1n) is 13.1. The lowest BCUT2D eigenvalue weighted by Crippen LogP contribution is -2.34. The summed E-state index contributed by atoms with van der Waals surface area (Å²) in [6.07, 6.45) is 5.91. The molecule has 1 unspecified atom stereocenters. The van der Waals surface area contributed by atoms with Crippen molar-refractivity contribution < 1.29 is 37.7 Å². The molecule has 0 spiro atoms. The third-order valence-electron chi connectivity index (χ3n) is 7.34. The molecule has 2 fully saturated rings. The van der Waals surface area contributed by atoms with Crippen molar-refractivity contribution >= 4 is 17.5 Å². The van der Waals surface area contributed by atoms with Crippen molar-refractivity contribution in [3.63, 3.8) is 0 Å². The molecular formula is C26H42F2O6. The van der Waals surface area contributed by atoms with Crippen LogP contribution in [0.25, 0.3) is 0 Å². The van der Waals surface area contributed by atoms with Crippen LogP contribution in [-0.4, -0.2) is 47.6 Å². The Morgan fingerprint density at radius 1 is 1.15 bits per heavy atom. The first-order valence-corrected chi connectivity index (χ1v) is 13.1. The van der Waals surface area contributed by atoms with Gasteiger partial charge in [-0.15, -0.1) is 0 Å². The third kappa shape index (κ3) is 9.33. The lowest BCUT2D eigenvalue weighted by Gasteiger charge is -2.30. The highest BCUT2D eigenvalue weighted by atomic mass is 19.3. The Balaban J connectivity index is 1.97. The standard InChI is InChI=1S/C26H42F2O6/c1-3-18(2)17-26(27,28)23(30)14-13-20-19(10-6-4-5-7-11-24(31)32)21(29)16-22(20)34-25-12-8-9-15-33-25/h18-20,22,25H,3-17H2,1-2H3,(H,31,32)/t18-,19+,20+,22+,25?/m0/s1. The lowest BCUT2D eigenvalue weighted by atomic mass is 9.84. The summed E-state index contributed by atoms with van der Waals surface area (Å²) in [5.41, 5.74) is 0. The van der Waals surface area contributed by atoms with Crippen LogP contribution in [0.4, 0.5) is 8.78 Å². The normalized spacial score (nSPS) is 26.5. The maximum Gasteiger partial charge on any atom is 0.305 e. The Labute approximate surface area is 202 Å². The Kier molecular flexibility index (Phi) is 12.1. The van der Waals surface area contributed by atoms with E-state index < -0.39 is 30.2 Å². The molecule has 5 atom stereocenters. The largest absolute Gasteiger partial charge is 0.481 e. The number of rotatable bonds is 16. The van der Waals surface area contributed by atoms with Gasteiger partial charge in [0.1, 0.15) is 5.78 Å². The minimum absolute atomic E-state index is 0.0650. The van der Waals surface area contributed by atoms with Crippen LogP contribution in [0, 0.1) is 17.8 Å². The second-order valence-corrected chi connectivity index (χ2v) is 10.1. The van der Waals surface area contributed by atoms with Gasteiger partial charge in [-0.1, -0.05) is 39.5 Å². The minimum Gasteiger partial charge on any atom is -0.481 e. The van der Waals surface area contributed by atoms with Crippen molar-refractivity contribution in [1.29, 1.82) is 0 Å². The summed E-state index contributed by atoms with van der Waals surface area (Å²) in [5.74, 6) is -5.97. The molecule has 1 saturated heterocycles. The fourth-order valence-electron chi connectivity index (χ4n) is 5.09. The van der Waals surface area contributed by atoms with Gasteiger partial charge in [0.15, 0.2) is 6.29 Å². The maximum atomic E-state index is 14.4. The number of carboxylic acid groups (broad SMARTS) is 1. The van der Waals surface area contributed by atoms with E-state index in [4.69, 9.17) is 14.6 Å². The van der Waals surface area contributed by atoms with Gasteiger partial charge in [-0.25, -0.2) is 0 Å². The van der Waals surface area contributed by atoms with Crippen LogP contribution in [0.15, 0.2) is 0 Å². The van der Waals surface area contributed by atoms with Gasteiger partial charge in [0.2, 0.25) is 5.78 Å². The Morgan fingerprint density at radius 3 is 2.53 bits per heavy atom. The predicted octanol–water partition coefficient (Wildman–Crippen LogP) is 5.95. The highest BCUT2D eigenvalue weighted by Crippen LogP contribution is 2.40. The van der Waals surface area contributed by atoms with E-state index in [1.165, 1.54) is 0 Å². The number of hydrogen-bond acceptors (Lipinski definition) is 5. The fourth-order valence-corrected chi connectivity index (χ4v) is 5.09. The zero-order chi connectivity index (χ0) is 25.1. The van der Waals surface area contributed by atoms with Gasteiger partial charge < -0.3 is 14.6 Å². The van der Waals surface area contributed by atoms with Gasteiger partial charge in [-0.3, -0.25) is 14.4 Å². The number of aliphatic carboxylic acids is 1. The molecule has 1 heterocycles. The number of hydrogen-bond donors (Lipinski definition) is 1. The van der Waals surface area contributed by atoms with Gasteiger partial charge in [-0.2, -0.15) is 8.78 Å². The van der Waals surface area contributed by atoms with Gasteiger partial charge in [0, 0.05) is 38.2 Å². The topological polar surface area (TPSA) is 89.9 Å². The molecule has 1 aliphatic heterocycles. The summed E-state index contributed by atoms with van der Waals surface area (Å²) in [7, 11) is 0. The number of carboxylic acids is 1. The molecule has 196 valence electrons. The highest BCUT2D eigenvalue weighted by Gasteiger charge is 2.45. The van der Waals surface area contributed by atoms with E-state index in [9.17, 15) is 23.2 Å². The molecule has 0 radical (unpaired) electrons. The van der Waals surface area contributed by atoms with Gasteiger partial charge in [0.25, 0.3) is 0 Å². The molecule has 1 N–H and O–H groups in total. The summed E-state index contributed by atoms with van der Waals surface area (Å²) < 4.78 is 40.7. The van der Waals surface area contributed by atoms with Crippen LogP contribution in [-0.2, 0) is 23.9 Å². The monoisotopic (exact) mass is 488 g/mol. The number of unbranched alkanes of at least 4 members (excludes halogenated alkanes) is 3. The molecule has 8 heteroatoms. The van der Waals surface area contributed by atoms with Crippen LogP contribution in [0.1, 0.15) is 104 Å². The van der Waals surface area contributed by atoms with Crippen molar-refractivity contribution in [3.05, 3.63) is 0 Å². The van der Waals surface area contributed by atoms with E-state index >= 15 is 0 Å². The van der Waals surface area contributed by atoms with Crippen LogP contribution < -0.4 is 0 Å². The number of Topliss-reactive ketones (excluding diaryl/α,β-unsaturated/α-hetero) is 2. The smallest absolute Gasteiger partial charge is 0.305 e. The second kappa shape index (κ2) is 14.2. The molecule has 0 amide bonds. The molecule has 0 aromatic heterocycles. The summed E-state index contributed by atoms with van der Waals surface area (Å²) >= 11 is 0. The molecule has 1 aliphatic carbocycles. The third-order valence-corrected chi connectivity index (χ3v) is 7.34. The van der Waals surface area contributed by atoms with E-state index in [2.05, 4.69) is 0 Å². The van der Waals surface area contributed by atoms with Crippen LogP contribution >= 0.6 is 0 Å².